The molecule has 0 bridgehead atoms. The number of hydrogen-bond acceptors (Lipinski definition) is 2. The van der Waals surface area contributed by atoms with Gasteiger partial charge in [-0.2, -0.15) is 0 Å². The summed E-state index contributed by atoms with van der Waals surface area (Å²) < 4.78 is 0. The van der Waals surface area contributed by atoms with E-state index in [0.717, 1.165) is 5.56 Å². The first-order chi connectivity index (χ1) is 6.70. The summed E-state index contributed by atoms with van der Waals surface area (Å²) in [7, 11) is 0. The lowest BCUT2D eigenvalue weighted by molar-refractivity contribution is -0.152. The molecule has 0 heterocycles. The number of ketones is 1. The molecule has 14 heavy (non-hydrogen) atoms. The molecule has 3 nitrogen and oxygen atoms in total. The van der Waals surface area contributed by atoms with Gasteiger partial charge in [0.15, 0.2) is 0 Å². The van der Waals surface area contributed by atoms with E-state index >= 15 is 0 Å². The van der Waals surface area contributed by atoms with Crippen LogP contribution >= 0.6 is 0 Å². The molecule has 2 unspecified atom stereocenters. The smallest absolute Gasteiger partial charge is 0.308 e. The number of rotatable bonds is 2. The minimum Gasteiger partial charge on any atom is -0.481 e. The van der Waals surface area contributed by atoms with Crippen molar-refractivity contribution in [1.82, 2.24) is 0 Å². The third-order valence-electron chi connectivity index (χ3n) is 2.65. The van der Waals surface area contributed by atoms with Crippen LogP contribution in [0.1, 0.15) is 17.9 Å². The molecule has 3 heteroatoms. The highest BCUT2D eigenvalue weighted by atomic mass is 16.4. The molecule has 2 rings (SSSR count). The molecule has 1 aliphatic rings. The molecule has 2 atom stereocenters. The molecule has 1 aromatic rings. The third-order valence-corrected chi connectivity index (χ3v) is 2.65. The van der Waals surface area contributed by atoms with Gasteiger partial charge in [-0.3, -0.25) is 9.59 Å². The lowest BCUT2D eigenvalue weighted by Crippen LogP contribution is -2.39. The molecule has 1 fully saturated rings. The summed E-state index contributed by atoms with van der Waals surface area (Å²) in [5.74, 6) is -1.79. The lowest BCUT2D eigenvalue weighted by Gasteiger charge is -2.31. The Morgan fingerprint density at radius 3 is 2.43 bits per heavy atom. The lowest BCUT2D eigenvalue weighted by atomic mass is 9.69. The Balaban J connectivity index is 2.26. The van der Waals surface area contributed by atoms with Crippen molar-refractivity contribution in [2.45, 2.75) is 12.3 Å². The van der Waals surface area contributed by atoms with Crippen LogP contribution in [0.4, 0.5) is 0 Å². The summed E-state index contributed by atoms with van der Waals surface area (Å²) >= 11 is 0. The van der Waals surface area contributed by atoms with E-state index in [9.17, 15) is 9.59 Å². The van der Waals surface area contributed by atoms with Crippen LogP contribution < -0.4 is 0 Å². The van der Waals surface area contributed by atoms with E-state index in [1.54, 1.807) is 12.1 Å². The van der Waals surface area contributed by atoms with Crippen molar-refractivity contribution in [3.63, 3.8) is 0 Å². The van der Waals surface area contributed by atoms with Gasteiger partial charge < -0.3 is 5.11 Å². The first kappa shape index (κ1) is 8.94. The van der Waals surface area contributed by atoms with Gasteiger partial charge in [0.05, 0.1) is 11.8 Å². The average molecular weight is 190 g/mol. The van der Waals surface area contributed by atoms with Gasteiger partial charge in [0.2, 0.25) is 0 Å². The number of carboxylic acids is 1. The van der Waals surface area contributed by atoms with E-state index in [2.05, 4.69) is 0 Å². The Kier molecular flexibility index (Phi) is 2.08. The number of carbonyl (C=O) groups is 2. The normalized spacial score (nSPS) is 25.6. The quantitative estimate of drug-likeness (QED) is 0.767. The summed E-state index contributed by atoms with van der Waals surface area (Å²) in [6.07, 6.45) is 0.175. The molecule has 0 amide bonds. The van der Waals surface area contributed by atoms with Crippen molar-refractivity contribution < 1.29 is 14.7 Å². The van der Waals surface area contributed by atoms with Crippen LogP contribution in [0.3, 0.4) is 0 Å². The summed E-state index contributed by atoms with van der Waals surface area (Å²) in [4.78, 5) is 22.0. The number of hydrogen-bond donors (Lipinski definition) is 1. The zero-order valence-corrected chi connectivity index (χ0v) is 7.51. The molecule has 1 aromatic carbocycles. The van der Waals surface area contributed by atoms with Gasteiger partial charge in [-0.15, -0.1) is 0 Å². The topological polar surface area (TPSA) is 54.4 Å². The summed E-state index contributed by atoms with van der Waals surface area (Å²) in [6.45, 7) is 0. The van der Waals surface area contributed by atoms with Crippen LogP contribution in [-0.2, 0) is 9.59 Å². The van der Waals surface area contributed by atoms with Gasteiger partial charge >= 0.3 is 5.97 Å². The predicted octanol–water partition coefficient (Wildman–Crippen LogP) is 1.44. The van der Waals surface area contributed by atoms with Gasteiger partial charge in [0.1, 0.15) is 5.78 Å². The molecular weight excluding hydrogens is 180 g/mol. The molecule has 72 valence electrons. The van der Waals surface area contributed by atoms with Gasteiger partial charge in [0.25, 0.3) is 0 Å². The Labute approximate surface area is 81.4 Å². The third kappa shape index (κ3) is 1.31. The largest absolute Gasteiger partial charge is 0.481 e. The summed E-state index contributed by atoms with van der Waals surface area (Å²) in [5, 5.41) is 8.83. The molecule has 0 spiro atoms. The monoisotopic (exact) mass is 190 g/mol. The van der Waals surface area contributed by atoms with Crippen molar-refractivity contribution in [3.05, 3.63) is 35.9 Å². The maximum absolute atomic E-state index is 11.3. The zero-order chi connectivity index (χ0) is 10.1. The van der Waals surface area contributed by atoms with E-state index < -0.39 is 17.8 Å². The standard InChI is InChI=1S/C11H10O3/c12-9-6-8(11(13)14)10(9)7-4-2-1-3-5-7/h1-5,8,10H,6H2,(H,13,14). The first-order valence-electron chi connectivity index (χ1n) is 4.50. The van der Waals surface area contributed by atoms with E-state index in [0.29, 0.717) is 0 Å². The second-order valence-electron chi connectivity index (χ2n) is 3.50. The molecule has 0 aliphatic heterocycles. The van der Waals surface area contributed by atoms with E-state index in [1.165, 1.54) is 0 Å². The van der Waals surface area contributed by atoms with Crippen LogP contribution in [-0.4, -0.2) is 16.9 Å². The summed E-state index contributed by atoms with van der Waals surface area (Å²) in [6, 6.07) is 9.09. The Hall–Kier alpha value is -1.64. The molecule has 0 radical (unpaired) electrons. The van der Waals surface area contributed by atoms with Gasteiger partial charge in [-0.05, 0) is 5.56 Å². The van der Waals surface area contributed by atoms with Crippen LogP contribution in [0.25, 0.3) is 0 Å². The maximum atomic E-state index is 11.3. The molecule has 1 saturated carbocycles. The van der Waals surface area contributed by atoms with Crippen LogP contribution in [0, 0.1) is 5.92 Å². The van der Waals surface area contributed by atoms with Crippen LogP contribution in [0.2, 0.25) is 0 Å². The highest BCUT2D eigenvalue weighted by Gasteiger charge is 2.45. The van der Waals surface area contributed by atoms with Crippen molar-refractivity contribution in [2.24, 2.45) is 5.92 Å². The van der Waals surface area contributed by atoms with Gasteiger partial charge in [0, 0.05) is 6.42 Å². The SMILES string of the molecule is O=C(O)C1CC(=O)C1c1ccccc1. The zero-order valence-electron chi connectivity index (χ0n) is 7.51. The maximum Gasteiger partial charge on any atom is 0.308 e. The fraction of sp³-hybridized carbons (Fsp3) is 0.273. The molecule has 1 aliphatic carbocycles. The van der Waals surface area contributed by atoms with Crippen LogP contribution in [0.15, 0.2) is 30.3 Å². The van der Waals surface area contributed by atoms with Crippen molar-refractivity contribution >= 4 is 11.8 Å². The van der Waals surface area contributed by atoms with E-state index in [1.807, 2.05) is 18.2 Å². The predicted molar refractivity (Wildman–Crippen MR) is 49.9 cm³/mol. The molecule has 0 aromatic heterocycles. The molecule has 0 saturated heterocycles. The Bertz CT molecular complexity index is 369. The van der Waals surface area contributed by atoms with E-state index in [4.69, 9.17) is 5.11 Å². The number of carbonyl (C=O) groups excluding carboxylic acids is 1. The fourth-order valence-corrected chi connectivity index (χ4v) is 1.83. The number of Topliss-reactive ketones (excluding diaryl/α,β-unsaturated/α-hetero) is 1. The average Bonchev–Trinajstić information content (AvgIpc) is 2.15. The Morgan fingerprint density at radius 2 is 1.93 bits per heavy atom. The van der Waals surface area contributed by atoms with Crippen molar-refractivity contribution in [2.75, 3.05) is 0 Å². The van der Waals surface area contributed by atoms with E-state index in [-0.39, 0.29) is 12.2 Å². The van der Waals surface area contributed by atoms with Crippen molar-refractivity contribution in [3.8, 4) is 0 Å². The molecular formula is C11H10O3. The second-order valence-corrected chi connectivity index (χ2v) is 3.50. The fourth-order valence-electron chi connectivity index (χ4n) is 1.83. The minimum absolute atomic E-state index is 0.0311. The summed E-state index contributed by atoms with van der Waals surface area (Å²) in [5.41, 5.74) is 0.816. The highest BCUT2D eigenvalue weighted by molar-refractivity contribution is 5.99. The second kappa shape index (κ2) is 3.25. The van der Waals surface area contributed by atoms with Gasteiger partial charge in [-0.25, -0.2) is 0 Å². The van der Waals surface area contributed by atoms with Crippen molar-refractivity contribution in [1.29, 1.82) is 0 Å². The van der Waals surface area contributed by atoms with Crippen LogP contribution in [0.5, 0.6) is 0 Å². The first-order valence-corrected chi connectivity index (χ1v) is 4.50. The Morgan fingerprint density at radius 1 is 1.29 bits per heavy atom. The molecule has 1 N–H and O–H groups in total. The minimum atomic E-state index is -0.876. The number of carboxylic acid groups (broad SMARTS) is 1. The number of benzene rings is 1. The number of aliphatic carboxylic acids is 1. The highest BCUT2D eigenvalue weighted by Crippen LogP contribution is 2.39. The van der Waals surface area contributed by atoms with Gasteiger partial charge in [-0.1, -0.05) is 30.3 Å².